The minimum absolute atomic E-state index is 0.0884. The molecule has 0 radical (unpaired) electrons. The highest BCUT2D eigenvalue weighted by Gasteiger charge is 2.35. The highest BCUT2D eigenvalue weighted by Crippen LogP contribution is 2.51. The topological polar surface area (TPSA) is 13.1 Å². The van der Waals surface area contributed by atoms with Crippen LogP contribution in [-0.4, -0.2) is 0 Å². The molecule has 1 nitrogen and oxygen atoms in total. The van der Waals surface area contributed by atoms with Crippen molar-refractivity contribution in [3.63, 3.8) is 0 Å². The van der Waals surface area contributed by atoms with E-state index in [2.05, 4.69) is 13.8 Å². The van der Waals surface area contributed by atoms with Crippen LogP contribution in [0.5, 0.6) is 0 Å². The Labute approximate surface area is 265 Å². The molecular formula is C41H28O. The van der Waals surface area contributed by atoms with Gasteiger partial charge in [-0.05, 0) is 90.2 Å². The summed E-state index contributed by atoms with van der Waals surface area (Å²) in [5.41, 5.74) is 2.37. The van der Waals surface area contributed by atoms with Crippen LogP contribution in [0.15, 0.2) is 138 Å². The molecule has 0 bridgehead atoms. The van der Waals surface area contributed by atoms with E-state index in [0.29, 0.717) is 5.56 Å². The lowest BCUT2D eigenvalue weighted by atomic mass is 9.80. The van der Waals surface area contributed by atoms with Gasteiger partial charge in [-0.3, -0.25) is 0 Å². The summed E-state index contributed by atoms with van der Waals surface area (Å²) < 4.78 is 140. The second-order valence-corrected chi connectivity index (χ2v) is 10.9. The monoisotopic (exact) mass is 551 g/mol. The number of rotatable bonds is 2. The van der Waals surface area contributed by atoms with Crippen LogP contribution in [0.4, 0.5) is 0 Å². The molecule has 1 aliphatic carbocycles. The van der Waals surface area contributed by atoms with Crippen molar-refractivity contribution >= 4 is 43.5 Å². The normalized spacial score (nSPS) is 18.7. The Morgan fingerprint density at radius 1 is 0.524 bits per heavy atom. The molecule has 0 unspecified atom stereocenters. The van der Waals surface area contributed by atoms with Gasteiger partial charge in [0.1, 0.15) is 11.2 Å². The summed E-state index contributed by atoms with van der Waals surface area (Å²) >= 11 is 0. The van der Waals surface area contributed by atoms with Crippen LogP contribution < -0.4 is 0 Å². The molecule has 1 heteroatoms. The van der Waals surface area contributed by atoms with Crippen LogP contribution in [0.1, 0.15) is 45.5 Å². The molecule has 0 saturated heterocycles. The first-order valence-electron chi connectivity index (χ1n) is 21.0. The van der Waals surface area contributed by atoms with Gasteiger partial charge in [0.2, 0.25) is 0 Å². The van der Waals surface area contributed by atoms with Crippen LogP contribution in [-0.2, 0) is 5.41 Å². The van der Waals surface area contributed by atoms with E-state index in [1.54, 1.807) is 6.07 Å². The van der Waals surface area contributed by atoms with Gasteiger partial charge in [0.15, 0.2) is 0 Å². The molecule has 9 rings (SSSR count). The zero-order valence-electron chi connectivity index (χ0n) is 37.4. The number of hydrogen-bond acceptors (Lipinski definition) is 1. The van der Waals surface area contributed by atoms with Gasteiger partial charge in [0, 0.05) is 16.2 Å². The predicted molar refractivity (Wildman–Crippen MR) is 177 cm³/mol. The molecule has 0 fully saturated rings. The predicted octanol–water partition coefficient (Wildman–Crippen LogP) is 11.5. The summed E-state index contributed by atoms with van der Waals surface area (Å²) in [5, 5.41) is -1.29. The summed E-state index contributed by atoms with van der Waals surface area (Å²) in [6, 6.07) is 4.20. The summed E-state index contributed by atoms with van der Waals surface area (Å²) in [7, 11) is 0. The maximum atomic E-state index is 9.60. The Hall–Kier alpha value is -5.14. The number of hydrogen-bond donors (Lipinski definition) is 0. The minimum Gasteiger partial charge on any atom is -0.456 e. The van der Waals surface area contributed by atoms with Crippen LogP contribution in [0.3, 0.4) is 0 Å². The molecule has 1 aliphatic rings. The van der Waals surface area contributed by atoms with Crippen LogP contribution in [0, 0.1) is 0 Å². The van der Waals surface area contributed by atoms with Crippen molar-refractivity contribution in [2.75, 3.05) is 0 Å². The third-order valence-corrected chi connectivity index (χ3v) is 8.38. The molecule has 0 atom stereocenters. The molecule has 8 aromatic rings. The van der Waals surface area contributed by atoms with Crippen molar-refractivity contribution < 1.29 is 25.0 Å². The molecule has 0 spiro atoms. The second-order valence-electron chi connectivity index (χ2n) is 10.9. The van der Waals surface area contributed by atoms with E-state index in [1.807, 2.05) is 36.4 Å². The third kappa shape index (κ3) is 3.14. The molecule has 7 aromatic carbocycles. The number of fused-ring (bicyclic) bond motifs is 8. The van der Waals surface area contributed by atoms with Crippen molar-refractivity contribution in [3.8, 4) is 33.4 Å². The minimum atomic E-state index is -0.686. The fourth-order valence-electron chi connectivity index (χ4n) is 6.45. The number of furan rings is 1. The summed E-state index contributed by atoms with van der Waals surface area (Å²) in [6.07, 6.45) is 0. The lowest BCUT2D eigenvalue weighted by Crippen LogP contribution is -2.14. The molecule has 198 valence electrons. The average molecular weight is 552 g/mol. The Morgan fingerprint density at radius 3 is 1.81 bits per heavy atom. The molecule has 0 saturated carbocycles. The molecule has 1 aromatic heterocycles. The van der Waals surface area contributed by atoms with E-state index in [0.717, 1.165) is 22.3 Å². The van der Waals surface area contributed by atoms with E-state index in [-0.39, 0.29) is 54.6 Å². The van der Waals surface area contributed by atoms with E-state index < -0.39 is 102 Å². The zero-order chi connectivity index (χ0) is 41.1. The standard InChI is InChI=1S/C41H28O/c1-41(2)35-17-9-7-11-27(35)28-21-19-26(24-36(28)41)40-32-15-5-3-13-30(32)39(31-14-4-6-16-33(31)40)25-20-22-38-34(23-25)29-12-8-10-18-37(29)42-38/h3-24H,1-2H3/i3D,4D,5D,6D,8D,10D,12D,13D,14D,15D,16D,18D,20D,22D,23D. The van der Waals surface area contributed by atoms with E-state index in [1.165, 1.54) is 0 Å². The maximum absolute atomic E-state index is 9.60. The van der Waals surface area contributed by atoms with E-state index >= 15 is 0 Å². The Balaban J connectivity index is 1.55. The lowest BCUT2D eigenvalue weighted by Gasteiger charge is -2.23. The van der Waals surface area contributed by atoms with Gasteiger partial charge >= 0.3 is 0 Å². The quantitative estimate of drug-likeness (QED) is 0.195. The third-order valence-electron chi connectivity index (χ3n) is 8.38. The zero-order valence-corrected chi connectivity index (χ0v) is 22.4. The van der Waals surface area contributed by atoms with Gasteiger partial charge in [-0.2, -0.15) is 0 Å². The Kier molecular flexibility index (Phi) is 2.66. The fraction of sp³-hybridized carbons (Fsp3) is 0.0732. The lowest BCUT2D eigenvalue weighted by molar-refractivity contribution is 0.660. The Bertz CT molecular complexity index is 3140. The van der Waals surface area contributed by atoms with Crippen molar-refractivity contribution in [2.45, 2.75) is 19.3 Å². The van der Waals surface area contributed by atoms with Gasteiger partial charge in [-0.25, -0.2) is 0 Å². The molecule has 0 amide bonds. The fourth-order valence-corrected chi connectivity index (χ4v) is 6.45. The first-order valence-corrected chi connectivity index (χ1v) is 13.5. The molecular weight excluding hydrogens is 508 g/mol. The smallest absolute Gasteiger partial charge is 0.135 e. The van der Waals surface area contributed by atoms with Crippen molar-refractivity contribution in [2.24, 2.45) is 0 Å². The van der Waals surface area contributed by atoms with Gasteiger partial charge in [0.25, 0.3) is 0 Å². The first kappa shape index (κ1) is 13.2. The Morgan fingerprint density at radius 2 is 1.10 bits per heavy atom. The van der Waals surface area contributed by atoms with Gasteiger partial charge < -0.3 is 4.42 Å². The summed E-state index contributed by atoms with van der Waals surface area (Å²) in [6.45, 7) is 4.11. The second kappa shape index (κ2) is 8.44. The SMILES string of the molecule is [2H]c1c([2H])c([2H])c2c(oc3c([2H])c([2H])c(-c4c5c([2H])c([2H])c([2H])c([2H])c5c(-c5ccc6c(c5)C(C)(C)c5ccccc5-6)c5c([2H])c([2H])c([2H])c([2H])c45)c([2H])c32)c1[2H]. The number of para-hydroxylation sites is 1. The first-order chi connectivity index (χ1) is 26.8. The van der Waals surface area contributed by atoms with Crippen molar-refractivity contribution in [1.82, 2.24) is 0 Å². The van der Waals surface area contributed by atoms with Crippen LogP contribution in [0.25, 0.3) is 76.9 Å². The maximum Gasteiger partial charge on any atom is 0.135 e. The van der Waals surface area contributed by atoms with Gasteiger partial charge in [-0.1, -0.05) is 123 Å². The highest BCUT2D eigenvalue weighted by molar-refractivity contribution is 6.22. The van der Waals surface area contributed by atoms with Crippen molar-refractivity contribution in [1.29, 1.82) is 0 Å². The largest absolute Gasteiger partial charge is 0.456 e. The van der Waals surface area contributed by atoms with Gasteiger partial charge in [0.05, 0.1) is 20.6 Å². The highest BCUT2D eigenvalue weighted by atomic mass is 16.3. The molecule has 1 heterocycles. The van der Waals surface area contributed by atoms with Crippen molar-refractivity contribution in [3.05, 3.63) is 144 Å². The van der Waals surface area contributed by atoms with Crippen LogP contribution >= 0.6 is 0 Å². The molecule has 42 heavy (non-hydrogen) atoms. The molecule has 0 N–H and O–H groups in total. The average Bonchev–Trinajstić information content (AvgIpc) is 3.71. The summed E-state index contributed by atoms with van der Waals surface area (Å²) in [4.78, 5) is 0. The van der Waals surface area contributed by atoms with Crippen LogP contribution in [0.2, 0.25) is 0 Å². The van der Waals surface area contributed by atoms with E-state index in [4.69, 9.17) is 16.8 Å². The molecule has 0 aliphatic heterocycles. The van der Waals surface area contributed by atoms with E-state index in [9.17, 15) is 8.22 Å². The van der Waals surface area contributed by atoms with Gasteiger partial charge in [-0.15, -0.1) is 0 Å². The summed E-state index contributed by atoms with van der Waals surface area (Å²) in [5.74, 6) is 0. The number of benzene rings is 7.